The van der Waals surface area contributed by atoms with Crippen molar-refractivity contribution in [3.05, 3.63) is 40.0 Å². The lowest BCUT2D eigenvalue weighted by atomic mass is 10.2. The Labute approximate surface area is 130 Å². The molecule has 0 radical (unpaired) electrons. The average Bonchev–Trinajstić information content (AvgIpc) is 2.71. The van der Waals surface area contributed by atoms with Crippen molar-refractivity contribution in [2.75, 3.05) is 4.72 Å². The number of nitrogens with one attached hydrogen (secondary N) is 1. The molecular formula is C11H9Cl2N3O4S. The number of aromatic nitrogens is 2. The number of carboxylic acid groups (broad SMARTS) is 1. The molecule has 0 saturated carbocycles. The fourth-order valence-electron chi connectivity index (χ4n) is 1.69. The summed E-state index contributed by atoms with van der Waals surface area (Å²) >= 11 is 11.7. The molecule has 0 fully saturated rings. The van der Waals surface area contributed by atoms with Gasteiger partial charge in [0.1, 0.15) is 0 Å². The predicted molar refractivity (Wildman–Crippen MR) is 77.4 cm³/mol. The first-order valence-corrected chi connectivity index (χ1v) is 7.70. The number of anilines is 1. The summed E-state index contributed by atoms with van der Waals surface area (Å²) in [5, 5.41) is 12.4. The molecule has 0 amide bonds. The van der Waals surface area contributed by atoms with Gasteiger partial charge in [-0.15, -0.1) is 0 Å². The smallest absolute Gasteiger partial charge is 0.337 e. The highest BCUT2D eigenvalue weighted by atomic mass is 35.5. The third kappa shape index (κ3) is 2.97. The lowest BCUT2D eigenvalue weighted by Crippen LogP contribution is -2.19. The zero-order chi connectivity index (χ0) is 15.8. The molecule has 0 aliphatic heterocycles. The summed E-state index contributed by atoms with van der Waals surface area (Å²) in [6, 6.07) is 4.01. The minimum Gasteiger partial charge on any atom is -0.478 e. The van der Waals surface area contributed by atoms with Crippen molar-refractivity contribution in [2.45, 2.75) is 5.03 Å². The van der Waals surface area contributed by atoms with Gasteiger partial charge in [0.15, 0.2) is 5.03 Å². The molecule has 1 heterocycles. The second kappa shape index (κ2) is 5.55. The van der Waals surface area contributed by atoms with Crippen LogP contribution in [0.2, 0.25) is 10.0 Å². The lowest BCUT2D eigenvalue weighted by Gasteiger charge is -2.12. The number of hydrogen-bond donors (Lipinski definition) is 2. The fourth-order valence-corrected chi connectivity index (χ4v) is 3.73. The first kappa shape index (κ1) is 15.6. The number of sulfonamides is 1. The van der Waals surface area contributed by atoms with Crippen LogP contribution in [0.15, 0.2) is 29.4 Å². The Morgan fingerprint density at radius 2 is 2.00 bits per heavy atom. The normalized spacial score (nSPS) is 11.4. The van der Waals surface area contributed by atoms with Gasteiger partial charge in [-0.3, -0.25) is 9.40 Å². The number of rotatable bonds is 4. The third-order valence-corrected chi connectivity index (χ3v) is 4.75. The number of halogens is 2. The highest BCUT2D eigenvalue weighted by molar-refractivity contribution is 7.92. The van der Waals surface area contributed by atoms with E-state index in [9.17, 15) is 13.2 Å². The van der Waals surface area contributed by atoms with Gasteiger partial charge in [-0.2, -0.15) is 13.5 Å². The van der Waals surface area contributed by atoms with E-state index in [1.807, 2.05) is 0 Å². The topological polar surface area (TPSA) is 101 Å². The Hall–Kier alpha value is -1.77. The van der Waals surface area contributed by atoms with E-state index in [2.05, 4.69) is 9.82 Å². The molecule has 2 N–H and O–H groups in total. The molecule has 21 heavy (non-hydrogen) atoms. The van der Waals surface area contributed by atoms with E-state index < -0.39 is 16.0 Å². The molecule has 0 unspecified atom stereocenters. The van der Waals surface area contributed by atoms with Crippen LogP contribution in [-0.4, -0.2) is 29.3 Å². The number of benzene rings is 1. The van der Waals surface area contributed by atoms with Crippen LogP contribution in [0.25, 0.3) is 0 Å². The van der Waals surface area contributed by atoms with Crippen LogP contribution in [0.3, 0.4) is 0 Å². The molecule has 0 saturated heterocycles. The van der Waals surface area contributed by atoms with E-state index in [1.165, 1.54) is 31.4 Å². The van der Waals surface area contributed by atoms with Gasteiger partial charge in [0.05, 0.1) is 27.5 Å². The number of para-hydroxylation sites is 1. The zero-order valence-electron chi connectivity index (χ0n) is 10.5. The summed E-state index contributed by atoms with van der Waals surface area (Å²) in [5.41, 5.74) is -0.506. The second-order valence-corrected chi connectivity index (χ2v) is 6.41. The molecule has 10 heteroatoms. The quantitative estimate of drug-likeness (QED) is 0.881. The van der Waals surface area contributed by atoms with Crippen molar-refractivity contribution in [2.24, 2.45) is 7.05 Å². The largest absolute Gasteiger partial charge is 0.478 e. The maximum absolute atomic E-state index is 12.3. The molecular weight excluding hydrogens is 341 g/mol. The monoisotopic (exact) mass is 349 g/mol. The van der Waals surface area contributed by atoms with Gasteiger partial charge in [-0.1, -0.05) is 29.3 Å². The van der Waals surface area contributed by atoms with Gasteiger partial charge in [0.25, 0.3) is 10.0 Å². The van der Waals surface area contributed by atoms with Gasteiger partial charge in [-0.25, -0.2) is 4.79 Å². The van der Waals surface area contributed by atoms with E-state index in [1.54, 1.807) is 0 Å². The van der Waals surface area contributed by atoms with Crippen LogP contribution in [0.1, 0.15) is 10.4 Å². The van der Waals surface area contributed by atoms with E-state index in [0.29, 0.717) is 0 Å². The number of nitrogens with zero attached hydrogens (tertiary/aromatic N) is 2. The molecule has 0 aliphatic carbocycles. The maximum Gasteiger partial charge on any atom is 0.337 e. The molecule has 7 nitrogen and oxygen atoms in total. The highest BCUT2D eigenvalue weighted by Gasteiger charge is 2.26. The Bertz CT molecular complexity index is 797. The Morgan fingerprint density at radius 3 is 2.52 bits per heavy atom. The fraction of sp³-hybridized carbons (Fsp3) is 0.0909. The average molecular weight is 350 g/mol. The molecule has 112 valence electrons. The maximum atomic E-state index is 12.3. The van der Waals surface area contributed by atoms with Gasteiger partial charge < -0.3 is 5.11 Å². The van der Waals surface area contributed by atoms with Gasteiger partial charge >= 0.3 is 5.97 Å². The van der Waals surface area contributed by atoms with Crippen molar-refractivity contribution in [3.8, 4) is 0 Å². The van der Waals surface area contributed by atoms with Gasteiger partial charge in [-0.05, 0) is 12.1 Å². The minimum atomic E-state index is -4.14. The minimum absolute atomic E-state index is 0.0447. The molecule has 0 atom stereocenters. The van der Waals surface area contributed by atoms with Crippen molar-refractivity contribution < 1.29 is 18.3 Å². The third-order valence-electron chi connectivity index (χ3n) is 2.58. The number of hydrogen-bond acceptors (Lipinski definition) is 4. The number of carbonyl (C=O) groups is 1. The van der Waals surface area contributed by atoms with Crippen molar-refractivity contribution in [1.82, 2.24) is 9.78 Å². The van der Waals surface area contributed by atoms with Crippen LogP contribution in [0, 0.1) is 0 Å². The van der Waals surface area contributed by atoms with Crippen molar-refractivity contribution in [1.29, 1.82) is 0 Å². The molecule has 0 spiro atoms. The van der Waals surface area contributed by atoms with E-state index in [0.717, 1.165) is 4.68 Å². The summed E-state index contributed by atoms with van der Waals surface area (Å²) in [6.07, 6.45) is 1.17. The van der Waals surface area contributed by atoms with Crippen LogP contribution in [0.4, 0.5) is 5.69 Å². The van der Waals surface area contributed by atoms with Crippen LogP contribution in [0.5, 0.6) is 0 Å². The Morgan fingerprint density at radius 1 is 1.33 bits per heavy atom. The molecule has 1 aromatic heterocycles. The second-order valence-electron chi connectivity index (χ2n) is 3.99. The van der Waals surface area contributed by atoms with Gasteiger partial charge in [0.2, 0.25) is 0 Å². The molecule has 1 aromatic carbocycles. The molecule has 2 aromatic rings. The number of aromatic carboxylic acids is 1. The van der Waals surface area contributed by atoms with E-state index in [-0.39, 0.29) is 26.3 Å². The Balaban J connectivity index is 2.55. The molecule has 2 rings (SSSR count). The van der Waals surface area contributed by atoms with Crippen LogP contribution >= 0.6 is 23.2 Å². The van der Waals surface area contributed by atoms with E-state index in [4.69, 9.17) is 28.3 Å². The van der Waals surface area contributed by atoms with Crippen molar-refractivity contribution in [3.63, 3.8) is 0 Å². The zero-order valence-corrected chi connectivity index (χ0v) is 12.9. The summed E-state index contributed by atoms with van der Waals surface area (Å²) < 4.78 is 27.8. The van der Waals surface area contributed by atoms with Crippen molar-refractivity contribution >= 4 is 44.9 Å². The van der Waals surface area contributed by atoms with Gasteiger partial charge in [0, 0.05) is 7.05 Å². The lowest BCUT2D eigenvalue weighted by molar-refractivity contribution is 0.0698. The standard InChI is InChI=1S/C11H9Cl2N3O4S/c1-16-10(8(13)5-14-16)21(19,20)15-9-6(11(17)18)3-2-4-7(9)12/h2-5,15H,1H3,(H,17,18). The number of aryl methyl sites for hydroxylation is 1. The summed E-state index contributed by atoms with van der Waals surface area (Å²) in [4.78, 5) is 11.1. The predicted octanol–water partition coefficient (Wildman–Crippen LogP) is 2.23. The highest BCUT2D eigenvalue weighted by Crippen LogP contribution is 2.30. The van der Waals surface area contributed by atoms with Crippen LogP contribution < -0.4 is 4.72 Å². The van der Waals surface area contributed by atoms with E-state index >= 15 is 0 Å². The molecule has 0 aliphatic rings. The van der Waals surface area contributed by atoms with Crippen LogP contribution in [-0.2, 0) is 17.1 Å². The summed E-state index contributed by atoms with van der Waals surface area (Å²) in [6.45, 7) is 0. The number of carboxylic acids is 1. The Kier molecular flexibility index (Phi) is 4.13. The SMILES string of the molecule is Cn1ncc(Cl)c1S(=O)(=O)Nc1c(Cl)cccc1C(=O)O. The molecule has 0 bridgehead atoms. The summed E-state index contributed by atoms with van der Waals surface area (Å²) in [7, 11) is -2.75. The summed E-state index contributed by atoms with van der Waals surface area (Å²) in [5.74, 6) is -1.31. The first-order chi connectivity index (χ1) is 9.74. The first-order valence-electron chi connectivity index (χ1n) is 5.46.